The van der Waals surface area contributed by atoms with E-state index >= 15 is 0 Å². The van der Waals surface area contributed by atoms with Crippen molar-refractivity contribution in [1.29, 1.82) is 0 Å². The Morgan fingerprint density at radius 1 is 1.10 bits per heavy atom. The van der Waals surface area contributed by atoms with Crippen LogP contribution in [0.25, 0.3) is 11.4 Å². The summed E-state index contributed by atoms with van der Waals surface area (Å²) < 4.78 is 14.6. The van der Waals surface area contributed by atoms with Crippen LogP contribution in [0.3, 0.4) is 0 Å². The molecule has 9 heteroatoms. The van der Waals surface area contributed by atoms with E-state index in [4.69, 9.17) is 0 Å². The van der Waals surface area contributed by atoms with E-state index in [1.807, 2.05) is 6.92 Å². The van der Waals surface area contributed by atoms with E-state index in [0.717, 1.165) is 13.0 Å². The Labute approximate surface area is 119 Å². The minimum absolute atomic E-state index is 0.301. The van der Waals surface area contributed by atoms with Crippen molar-refractivity contribution >= 4 is 0 Å². The lowest BCUT2D eigenvalue weighted by Gasteiger charge is -2.00. The lowest BCUT2D eigenvalue weighted by atomic mass is 10.2. The fraction of sp³-hybridized carbons (Fsp3) is 0.333. The molecule has 8 nitrogen and oxygen atoms in total. The van der Waals surface area contributed by atoms with E-state index < -0.39 is 0 Å². The molecule has 0 fully saturated rings. The molecule has 1 aromatic carbocycles. The SMILES string of the molecule is CCCn1nnnc1Cn1nnc(-c2ccc(F)cc2)n1. The summed E-state index contributed by atoms with van der Waals surface area (Å²) in [6.07, 6.45) is 0.934. The van der Waals surface area contributed by atoms with Crippen LogP contribution in [0.15, 0.2) is 24.3 Å². The van der Waals surface area contributed by atoms with Crippen LogP contribution in [-0.4, -0.2) is 40.4 Å². The molecule has 0 saturated carbocycles. The summed E-state index contributed by atoms with van der Waals surface area (Å²) >= 11 is 0. The van der Waals surface area contributed by atoms with Gasteiger partial charge in [-0.2, -0.15) is 4.80 Å². The molecule has 0 aliphatic rings. The van der Waals surface area contributed by atoms with Gasteiger partial charge >= 0.3 is 0 Å². The summed E-state index contributed by atoms with van der Waals surface area (Å²) in [6.45, 7) is 3.12. The normalized spacial score (nSPS) is 11.0. The lowest BCUT2D eigenvalue weighted by Crippen LogP contribution is -2.12. The molecule has 0 spiro atoms. The van der Waals surface area contributed by atoms with Crippen molar-refractivity contribution in [1.82, 2.24) is 40.4 Å². The maximum absolute atomic E-state index is 12.9. The van der Waals surface area contributed by atoms with E-state index in [1.165, 1.54) is 16.9 Å². The van der Waals surface area contributed by atoms with E-state index in [9.17, 15) is 4.39 Å². The monoisotopic (exact) mass is 288 g/mol. The van der Waals surface area contributed by atoms with Gasteiger partial charge in [-0.3, -0.25) is 0 Å². The Kier molecular flexibility index (Phi) is 3.63. The van der Waals surface area contributed by atoms with Crippen molar-refractivity contribution in [2.45, 2.75) is 26.4 Å². The summed E-state index contributed by atoms with van der Waals surface area (Å²) in [5, 5.41) is 23.7. The van der Waals surface area contributed by atoms with Crippen molar-refractivity contribution in [2.75, 3.05) is 0 Å². The minimum atomic E-state index is -0.301. The topological polar surface area (TPSA) is 87.2 Å². The molecule has 0 unspecified atom stereocenters. The average molecular weight is 288 g/mol. The molecule has 3 aromatic rings. The van der Waals surface area contributed by atoms with Crippen LogP contribution in [0.5, 0.6) is 0 Å². The van der Waals surface area contributed by atoms with Crippen LogP contribution in [-0.2, 0) is 13.1 Å². The van der Waals surface area contributed by atoms with Gasteiger partial charge in [0, 0.05) is 12.1 Å². The van der Waals surface area contributed by atoms with Gasteiger partial charge in [0.1, 0.15) is 12.4 Å². The molecule has 0 radical (unpaired) electrons. The molecule has 3 rings (SSSR count). The predicted molar refractivity (Wildman–Crippen MR) is 70.4 cm³/mol. The average Bonchev–Trinajstić information content (AvgIpc) is 3.11. The summed E-state index contributed by atoms with van der Waals surface area (Å²) in [5.74, 6) is 0.800. The second-order valence-electron chi connectivity index (χ2n) is 4.47. The van der Waals surface area contributed by atoms with E-state index in [1.54, 1.807) is 16.8 Å². The number of aromatic nitrogens is 8. The number of halogens is 1. The third kappa shape index (κ3) is 2.91. The first kappa shape index (κ1) is 13.3. The Balaban J connectivity index is 1.78. The van der Waals surface area contributed by atoms with Gasteiger partial charge in [-0.05, 0) is 46.3 Å². The molecule has 108 valence electrons. The van der Waals surface area contributed by atoms with Gasteiger partial charge in [0.2, 0.25) is 5.82 Å². The third-order valence-corrected chi connectivity index (χ3v) is 2.88. The second-order valence-corrected chi connectivity index (χ2v) is 4.47. The molecule has 0 amide bonds. The van der Waals surface area contributed by atoms with Gasteiger partial charge in [-0.15, -0.1) is 15.3 Å². The predicted octanol–water partition coefficient (Wildman–Crippen LogP) is 0.924. The van der Waals surface area contributed by atoms with Gasteiger partial charge < -0.3 is 0 Å². The second kappa shape index (κ2) is 5.73. The smallest absolute Gasteiger partial charge is 0.204 e. The summed E-state index contributed by atoms with van der Waals surface area (Å²) in [4.78, 5) is 1.41. The molecular formula is C12H13FN8. The third-order valence-electron chi connectivity index (χ3n) is 2.88. The van der Waals surface area contributed by atoms with Crippen LogP contribution in [0.1, 0.15) is 19.2 Å². The fourth-order valence-corrected chi connectivity index (χ4v) is 1.87. The Bertz CT molecular complexity index is 717. The molecule has 2 heterocycles. The number of benzene rings is 1. The summed E-state index contributed by atoms with van der Waals surface area (Å²) in [5.41, 5.74) is 0.704. The fourth-order valence-electron chi connectivity index (χ4n) is 1.87. The molecule has 0 N–H and O–H groups in total. The van der Waals surface area contributed by atoms with Gasteiger partial charge in [-0.1, -0.05) is 6.92 Å². The molecule has 0 bridgehead atoms. The first-order valence-corrected chi connectivity index (χ1v) is 6.55. The maximum atomic E-state index is 12.9. The minimum Gasteiger partial charge on any atom is -0.228 e. The number of aryl methyl sites for hydroxylation is 1. The summed E-state index contributed by atoms with van der Waals surface area (Å²) in [6, 6.07) is 5.94. The Morgan fingerprint density at radius 2 is 1.90 bits per heavy atom. The van der Waals surface area contributed by atoms with Gasteiger partial charge in [0.15, 0.2) is 5.82 Å². The highest BCUT2D eigenvalue weighted by Gasteiger charge is 2.10. The summed E-state index contributed by atoms with van der Waals surface area (Å²) in [7, 11) is 0. The standard InChI is InChI=1S/C12H13FN8/c1-2-7-20-11(14-17-19-20)8-21-16-12(15-18-21)9-3-5-10(13)6-4-9/h3-6H,2,7-8H2,1H3. The van der Waals surface area contributed by atoms with E-state index in [2.05, 4.69) is 30.9 Å². The van der Waals surface area contributed by atoms with Gasteiger partial charge in [-0.25, -0.2) is 9.07 Å². The zero-order valence-corrected chi connectivity index (χ0v) is 11.4. The molecule has 2 aromatic heterocycles. The molecule has 0 aliphatic heterocycles. The van der Waals surface area contributed by atoms with Gasteiger partial charge in [0.25, 0.3) is 0 Å². The number of hydrogen-bond acceptors (Lipinski definition) is 6. The highest BCUT2D eigenvalue weighted by molar-refractivity contribution is 5.53. The largest absolute Gasteiger partial charge is 0.228 e. The van der Waals surface area contributed by atoms with Crippen molar-refractivity contribution in [3.05, 3.63) is 35.9 Å². The number of nitrogens with zero attached hydrogens (tertiary/aromatic N) is 8. The van der Waals surface area contributed by atoms with Crippen LogP contribution >= 0.6 is 0 Å². The number of tetrazole rings is 2. The molecule has 21 heavy (non-hydrogen) atoms. The first-order chi connectivity index (χ1) is 10.3. The number of rotatable bonds is 5. The van der Waals surface area contributed by atoms with E-state index in [-0.39, 0.29) is 5.82 Å². The van der Waals surface area contributed by atoms with Gasteiger partial charge in [0.05, 0.1) is 0 Å². The maximum Gasteiger partial charge on any atom is 0.204 e. The highest BCUT2D eigenvalue weighted by Crippen LogP contribution is 2.13. The van der Waals surface area contributed by atoms with Crippen LogP contribution in [0, 0.1) is 5.82 Å². The zero-order valence-electron chi connectivity index (χ0n) is 11.4. The van der Waals surface area contributed by atoms with E-state index in [0.29, 0.717) is 23.8 Å². The Hall–Kier alpha value is -2.71. The molecule has 0 aliphatic carbocycles. The van der Waals surface area contributed by atoms with Crippen LogP contribution in [0.4, 0.5) is 4.39 Å². The zero-order chi connectivity index (χ0) is 14.7. The molecule has 0 saturated heterocycles. The quantitative estimate of drug-likeness (QED) is 0.694. The first-order valence-electron chi connectivity index (χ1n) is 6.55. The number of hydrogen-bond donors (Lipinski definition) is 0. The van der Waals surface area contributed by atoms with Crippen LogP contribution in [0.2, 0.25) is 0 Å². The highest BCUT2D eigenvalue weighted by atomic mass is 19.1. The van der Waals surface area contributed by atoms with Crippen LogP contribution < -0.4 is 0 Å². The Morgan fingerprint density at radius 3 is 2.67 bits per heavy atom. The van der Waals surface area contributed by atoms with Crippen molar-refractivity contribution in [3.8, 4) is 11.4 Å². The lowest BCUT2D eigenvalue weighted by molar-refractivity contribution is 0.500. The van der Waals surface area contributed by atoms with Crippen molar-refractivity contribution in [2.24, 2.45) is 0 Å². The van der Waals surface area contributed by atoms with Crippen molar-refractivity contribution in [3.63, 3.8) is 0 Å². The van der Waals surface area contributed by atoms with Crippen molar-refractivity contribution < 1.29 is 4.39 Å². The molecule has 0 atom stereocenters. The molecular weight excluding hydrogens is 275 g/mol.